The number of carbonyl (C=O) groups is 1. The van der Waals surface area contributed by atoms with Crippen molar-refractivity contribution in [3.63, 3.8) is 0 Å². The number of aliphatic carboxylic acids is 1. The van der Waals surface area contributed by atoms with E-state index >= 15 is 0 Å². The molecule has 0 aliphatic heterocycles. The first-order valence-electron chi connectivity index (χ1n) is 6.02. The molecule has 0 fully saturated rings. The van der Waals surface area contributed by atoms with E-state index in [1.54, 1.807) is 0 Å². The molecule has 2 rings (SSSR count). The minimum atomic E-state index is -0.723. The normalized spacial score (nSPS) is 10.9. The van der Waals surface area contributed by atoms with Crippen LogP contribution in [0.1, 0.15) is 31.0 Å². The van der Waals surface area contributed by atoms with Gasteiger partial charge in [0.25, 0.3) is 0 Å². The summed E-state index contributed by atoms with van der Waals surface area (Å²) in [6, 6.07) is 8.23. The minimum Gasteiger partial charge on any atom is -0.481 e. The highest BCUT2D eigenvalue weighted by Crippen LogP contribution is 2.23. The first-order chi connectivity index (χ1) is 8.22. The Kier molecular flexibility index (Phi) is 3.47. The van der Waals surface area contributed by atoms with Crippen molar-refractivity contribution in [2.45, 2.75) is 32.6 Å². The Bertz CT molecular complexity index is 528. The summed E-state index contributed by atoms with van der Waals surface area (Å²) in [4.78, 5) is 13.9. The zero-order valence-corrected chi connectivity index (χ0v) is 9.99. The van der Waals surface area contributed by atoms with Crippen LogP contribution in [0.15, 0.2) is 24.3 Å². The second-order valence-electron chi connectivity index (χ2n) is 4.23. The van der Waals surface area contributed by atoms with Gasteiger partial charge in [0.05, 0.1) is 0 Å². The number of benzene rings is 1. The molecule has 3 nitrogen and oxygen atoms in total. The second-order valence-corrected chi connectivity index (χ2v) is 4.23. The Morgan fingerprint density at radius 3 is 2.82 bits per heavy atom. The van der Waals surface area contributed by atoms with Crippen molar-refractivity contribution in [2.75, 3.05) is 0 Å². The van der Waals surface area contributed by atoms with Crippen molar-refractivity contribution in [2.24, 2.45) is 0 Å². The van der Waals surface area contributed by atoms with E-state index in [-0.39, 0.29) is 6.42 Å². The topological polar surface area (TPSA) is 53.1 Å². The van der Waals surface area contributed by atoms with Gasteiger partial charge in [-0.2, -0.15) is 0 Å². The van der Waals surface area contributed by atoms with E-state index in [4.69, 9.17) is 5.11 Å². The lowest BCUT2D eigenvalue weighted by atomic mass is 10.1. The fourth-order valence-corrected chi connectivity index (χ4v) is 2.29. The Labute approximate surface area is 100 Å². The van der Waals surface area contributed by atoms with E-state index in [1.807, 2.05) is 12.1 Å². The highest BCUT2D eigenvalue weighted by Gasteiger charge is 2.09. The highest BCUT2D eigenvalue weighted by molar-refractivity contribution is 5.84. The van der Waals surface area contributed by atoms with Gasteiger partial charge in [-0.15, -0.1) is 0 Å². The van der Waals surface area contributed by atoms with Gasteiger partial charge in [0.15, 0.2) is 0 Å². The van der Waals surface area contributed by atoms with Crippen molar-refractivity contribution in [1.82, 2.24) is 4.98 Å². The number of hydrogen-bond donors (Lipinski definition) is 2. The Morgan fingerprint density at radius 2 is 2.12 bits per heavy atom. The zero-order valence-electron chi connectivity index (χ0n) is 9.99. The van der Waals surface area contributed by atoms with Gasteiger partial charge < -0.3 is 10.1 Å². The number of aromatic amines is 1. The molecule has 0 atom stereocenters. The summed E-state index contributed by atoms with van der Waals surface area (Å²) in [5.74, 6) is -0.723. The SMILES string of the molecule is CCc1c(CCCC(=O)O)[nH]c2ccccc12. The first-order valence-corrected chi connectivity index (χ1v) is 6.02. The van der Waals surface area contributed by atoms with Gasteiger partial charge in [-0.1, -0.05) is 25.1 Å². The molecule has 0 bridgehead atoms. The summed E-state index contributed by atoms with van der Waals surface area (Å²) in [5, 5.41) is 9.91. The van der Waals surface area contributed by atoms with Crippen molar-refractivity contribution in [1.29, 1.82) is 0 Å². The maximum absolute atomic E-state index is 10.5. The summed E-state index contributed by atoms with van der Waals surface area (Å²) in [7, 11) is 0. The van der Waals surface area contributed by atoms with Crippen molar-refractivity contribution >= 4 is 16.9 Å². The lowest BCUT2D eigenvalue weighted by Crippen LogP contribution is -1.97. The van der Waals surface area contributed by atoms with Crippen LogP contribution >= 0.6 is 0 Å². The molecule has 2 aromatic rings. The van der Waals surface area contributed by atoms with Gasteiger partial charge in [-0.25, -0.2) is 0 Å². The smallest absolute Gasteiger partial charge is 0.303 e. The van der Waals surface area contributed by atoms with Gasteiger partial charge in [-0.3, -0.25) is 4.79 Å². The van der Waals surface area contributed by atoms with E-state index in [0.717, 1.165) is 18.4 Å². The third-order valence-electron chi connectivity index (χ3n) is 3.07. The van der Waals surface area contributed by atoms with Crippen LogP contribution in [0.4, 0.5) is 0 Å². The number of carboxylic acid groups (broad SMARTS) is 1. The molecule has 1 aromatic heterocycles. The molecule has 0 saturated carbocycles. The van der Waals surface area contributed by atoms with E-state index in [1.165, 1.54) is 16.6 Å². The van der Waals surface area contributed by atoms with E-state index in [0.29, 0.717) is 6.42 Å². The van der Waals surface area contributed by atoms with Gasteiger partial charge in [0, 0.05) is 23.0 Å². The number of rotatable bonds is 5. The molecule has 1 aromatic carbocycles. The highest BCUT2D eigenvalue weighted by atomic mass is 16.4. The molecule has 90 valence electrons. The molecule has 3 heteroatoms. The van der Waals surface area contributed by atoms with Gasteiger partial charge in [0.2, 0.25) is 0 Å². The van der Waals surface area contributed by atoms with Gasteiger partial charge in [0.1, 0.15) is 0 Å². The van der Waals surface area contributed by atoms with Crippen LogP contribution in [-0.2, 0) is 17.6 Å². The average molecular weight is 231 g/mol. The second kappa shape index (κ2) is 5.04. The summed E-state index contributed by atoms with van der Waals surface area (Å²) in [5.41, 5.74) is 3.66. The monoisotopic (exact) mass is 231 g/mol. The van der Waals surface area contributed by atoms with Crippen LogP contribution in [0.3, 0.4) is 0 Å². The zero-order chi connectivity index (χ0) is 12.3. The number of fused-ring (bicyclic) bond motifs is 1. The van der Waals surface area contributed by atoms with Crippen LogP contribution in [0, 0.1) is 0 Å². The van der Waals surface area contributed by atoms with Gasteiger partial charge >= 0.3 is 5.97 Å². The summed E-state index contributed by atoms with van der Waals surface area (Å²) in [6.45, 7) is 2.14. The first kappa shape index (κ1) is 11.7. The summed E-state index contributed by atoms with van der Waals surface area (Å²) >= 11 is 0. The number of para-hydroxylation sites is 1. The molecule has 2 N–H and O–H groups in total. The van der Waals surface area contributed by atoms with Crippen molar-refractivity contribution in [3.05, 3.63) is 35.5 Å². The van der Waals surface area contributed by atoms with E-state index in [2.05, 4.69) is 24.0 Å². The predicted octanol–water partition coefficient (Wildman–Crippen LogP) is 3.14. The quantitative estimate of drug-likeness (QED) is 0.830. The number of carboxylic acids is 1. The van der Waals surface area contributed by atoms with Crippen LogP contribution in [0.5, 0.6) is 0 Å². The average Bonchev–Trinajstić information content (AvgIpc) is 2.66. The molecule has 1 heterocycles. The molecule has 0 amide bonds. The van der Waals surface area contributed by atoms with E-state index in [9.17, 15) is 4.79 Å². The Balaban J connectivity index is 2.24. The fraction of sp³-hybridized carbons (Fsp3) is 0.357. The third-order valence-corrected chi connectivity index (χ3v) is 3.07. The molecule has 0 saturated heterocycles. The van der Waals surface area contributed by atoms with Crippen LogP contribution in [0.2, 0.25) is 0 Å². The molecule has 0 aliphatic carbocycles. The lowest BCUT2D eigenvalue weighted by Gasteiger charge is -2.00. The molecule has 0 spiro atoms. The number of H-pyrrole nitrogens is 1. The maximum atomic E-state index is 10.5. The summed E-state index contributed by atoms with van der Waals surface area (Å²) < 4.78 is 0. The number of aromatic nitrogens is 1. The fourth-order valence-electron chi connectivity index (χ4n) is 2.29. The van der Waals surface area contributed by atoms with Crippen LogP contribution in [-0.4, -0.2) is 16.1 Å². The molecule has 0 aliphatic rings. The Morgan fingerprint density at radius 1 is 1.35 bits per heavy atom. The van der Waals surface area contributed by atoms with Crippen LogP contribution < -0.4 is 0 Å². The van der Waals surface area contributed by atoms with Crippen molar-refractivity contribution < 1.29 is 9.90 Å². The molecule has 0 radical (unpaired) electrons. The van der Waals surface area contributed by atoms with Crippen LogP contribution in [0.25, 0.3) is 10.9 Å². The molecular weight excluding hydrogens is 214 g/mol. The minimum absolute atomic E-state index is 0.235. The largest absolute Gasteiger partial charge is 0.481 e. The summed E-state index contributed by atoms with van der Waals surface area (Å²) in [6.07, 6.45) is 2.71. The lowest BCUT2D eigenvalue weighted by molar-refractivity contribution is -0.137. The standard InChI is InChI=1S/C14H17NO2/c1-2-10-11-6-3-4-7-13(11)15-12(10)8-5-9-14(16)17/h3-4,6-7,15H,2,5,8-9H2,1H3,(H,16,17). The maximum Gasteiger partial charge on any atom is 0.303 e. The number of hydrogen-bond acceptors (Lipinski definition) is 1. The Hall–Kier alpha value is -1.77. The molecular formula is C14H17NO2. The van der Waals surface area contributed by atoms with E-state index < -0.39 is 5.97 Å². The molecule has 0 unspecified atom stereocenters. The number of nitrogens with one attached hydrogen (secondary N) is 1. The predicted molar refractivity (Wildman–Crippen MR) is 68.3 cm³/mol. The molecule has 17 heavy (non-hydrogen) atoms. The van der Waals surface area contributed by atoms with Gasteiger partial charge in [-0.05, 0) is 30.9 Å². The number of aryl methyl sites for hydroxylation is 2. The third kappa shape index (κ3) is 2.49. The van der Waals surface area contributed by atoms with Crippen molar-refractivity contribution in [3.8, 4) is 0 Å².